The van der Waals surface area contributed by atoms with Crippen molar-refractivity contribution < 1.29 is 9.59 Å². The predicted octanol–water partition coefficient (Wildman–Crippen LogP) is 1.66. The third kappa shape index (κ3) is 1.92. The van der Waals surface area contributed by atoms with E-state index in [1.165, 1.54) is 6.92 Å². The zero-order valence-electron chi connectivity index (χ0n) is 5.36. The van der Waals surface area contributed by atoms with Crippen LogP contribution in [-0.4, -0.2) is 15.3 Å². The SMILES string of the molecule is C=CC(=O)C(C)(Cl)C(=O)Br. The average Bonchev–Trinajstić information content (AvgIpc) is 1.86. The first-order valence-corrected chi connectivity index (χ1v) is 3.65. The van der Waals surface area contributed by atoms with Crippen molar-refractivity contribution in [3.63, 3.8) is 0 Å². The maximum atomic E-state index is 10.8. The van der Waals surface area contributed by atoms with E-state index in [4.69, 9.17) is 11.6 Å². The molecule has 56 valence electrons. The van der Waals surface area contributed by atoms with Gasteiger partial charge in [-0.3, -0.25) is 9.59 Å². The molecule has 1 unspecified atom stereocenters. The minimum Gasteiger partial charge on any atom is -0.292 e. The van der Waals surface area contributed by atoms with Gasteiger partial charge >= 0.3 is 0 Å². The first-order chi connectivity index (χ1) is 4.42. The molecule has 0 fully saturated rings. The molecule has 0 aliphatic rings. The molecule has 0 aromatic carbocycles. The summed E-state index contributed by atoms with van der Waals surface area (Å²) < 4.78 is -0.549. The third-order valence-electron chi connectivity index (χ3n) is 1.02. The Hall–Kier alpha value is -0.150. The van der Waals surface area contributed by atoms with Crippen LogP contribution >= 0.6 is 27.5 Å². The number of carbonyl (C=O) groups is 2. The van der Waals surface area contributed by atoms with Gasteiger partial charge in [0.1, 0.15) is 0 Å². The van der Waals surface area contributed by atoms with Crippen molar-refractivity contribution in [2.45, 2.75) is 11.8 Å². The van der Waals surface area contributed by atoms with Crippen LogP contribution in [0.4, 0.5) is 0 Å². The predicted molar refractivity (Wildman–Crippen MR) is 43.4 cm³/mol. The van der Waals surface area contributed by atoms with Crippen LogP contribution in [0.5, 0.6) is 0 Å². The molecule has 0 aliphatic carbocycles. The van der Waals surface area contributed by atoms with Gasteiger partial charge in [-0.15, -0.1) is 11.6 Å². The summed E-state index contributed by atoms with van der Waals surface area (Å²) in [6.45, 7) is 4.52. The van der Waals surface area contributed by atoms with Gasteiger partial charge in [-0.25, -0.2) is 0 Å². The van der Waals surface area contributed by atoms with Gasteiger partial charge in [0.15, 0.2) is 10.7 Å². The Morgan fingerprint density at radius 1 is 1.70 bits per heavy atom. The number of halogens is 2. The van der Waals surface area contributed by atoms with E-state index in [2.05, 4.69) is 22.5 Å². The number of alkyl halides is 1. The molecule has 0 N–H and O–H groups in total. The molecular weight excluding hydrogens is 219 g/mol. The second kappa shape index (κ2) is 3.30. The van der Waals surface area contributed by atoms with Crippen molar-refractivity contribution in [2.24, 2.45) is 0 Å². The highest BCUT2D eigenvalue weighted by Gasteiger charge is 2.34. The number of ketones is 1. The molecule has 10 heavy (non-hydrogen) atoms. The lowest BCUT2D eigenvalue weighted by atomic mass is 10.1. The van der Waals surface area contributed by atoms with Gasteiger partial charge in [-0.05, 0) is 28.9 Å². The standard InChI is InChI=1S/C6H6BrClO2/c1-3-4(9)6(2,8)5(7)10/h3H,1H2,2H3. The van der Waals surface area contributed by atoms with Crippen LogP contribution in [0.25, 0.3) is 0 Å². The molecule has 0 saturated carbocycles. The Balaban J connectivity index is 4.55. The Morgan fingerprint density at radius 3 is 2.20 bits per heavy atom. The minimum atomic E-state index is -1.50. The topological polar surface area (TPSA) is 34.1 Å². The van der Waals surface area contributed by atoms with Crippen LogP contribution in [0, 0.1) is 0 Å². The molecule has 0 aromatic rings. The molecule has 0 aromatic heterocycles. The van der Waals surface area contributed by atoms with Crippen molar-refractivity contribution in [2.75, 3.05) is 0 Å². The fourth-order valence-corrected chi connectivity index (χ4v) is 0.561. The molecule has 1 atom stereocenters. The fourth-order valence-electron chi connectivity index (χ4n) is 0.289. The van der Waals surface area contributed by atoms with Crippen molar-refractivity contribution >= 4 is 38.0 Å². The van der Waals surface area contributed by atoms with E-state index in [0.29, 0.717) is 0 Å². The van der Waals surface area contributed by atoms with Crippen molar-refractivity contribution in [3.05, 3.63) is 12.7 Å². The molecule has 0 aliphatic heterocycles. The molecule has 0 heterocycles. The second-order valence-corrected chi connectivity index (χ2v) is 3.32. The second-order valence-electron chi connectivity index (χ2n) is 1.85. The Morgan fingerprint density at radius 2 is 2.10 bits per heavy atom. The smallest absolute Gasteiger partial charge is 0.226 e. The third-order valence-corrected chi connectivity index (χ3v) is 2.40. The summed E-state index contributed by atoms with van der Waals surface area (Å²) in [5, 5.41) is 0. The highest BCUT2D eigenvalue weighted by Crippen LogP contribution is 2.20. The van der Waals surface area contributed by atoms with Gasteiger partial charge in [0.25, 0.3) is 0 Å². The summed E-state index contributed by atoms with van der Waals surface area (Å²) >= 11 is 8.10. The quantitative estimate of drug-likeness (QED) is 0.317. The van der Waals surface area contributed by atoms with E-state index in [1.54, 1.807) is 0 Å². The number of rotatable bonds is 3. The molecule has 0 spiro atoms. The van der Waals surface area contributed by atoms with Gasteiger partial charge in [0.05, 0.1) is 0 Å². The minimum absolute atomic E-state index is 0.504. The highest BCUT2D eigenvalue weighted by molar-refractivity contribution is 9.18. The summed E-state index contributed by atoms with van der Waals surface area (Å²) in [6.07, 6.45) is 1.02. The molecule has 0 bridgehead atoms. The molecule has 0 saturated heterocycles. The largest absolute Gasteiger partial charge is 0.292 e. The van der Waals surface area contributed by atoms with Gasteiger partial charge in [-0.2, -0.15) is 0 Å². The van der Waals surface area contributed by atoms with E-state index in [-0.39, 0.29) is 0 Å². The monoisotopic (exact) mass is 224 g/mol. The van der Waals surface area contributed by atoms with Crippen LogP contribution < -0.4 is 0 Å². The lowest BCUT2D eigenvalue weighted by molar-refractivity contribution is -0.122. The first-order valence-electron chi connectivity index (χ1n) is 2.48. The maximum Gasteiger partial charge on any atom is 0.226 e. The number of carbonyl (C=O) groups excluding carboxylic acids is 2. The zero-order chi connectivity index (χ0) is 8.36. The number of allylic oxidation sites excluding steroid dienone is 1. The molecule has 4 heteroatoms. The first kappa shape index (κ1) is 9.85. The Bertz CT molecular complexity index is 186. The molecule has 0 rings (SSSR count). The van der Waals surface area contributed by atoms with Crippen LogP contribution in [0.1, 0.15) is 6.92 Å². The number of hydrogen-bond donors (Lipinski definition) is 0. The van der Waals surface area contributed by atoms with Gasteiger partial charge in [-0.1, -0.05) is 6.58 Å². The summed E-state index contributed by atoms with van der Waals surface area (Å²) in [5.41, 5.74) is 0. The average molecular weight is 225 g/mol. The lowest BCUT2D eigenvalue weighted by Crippen LogP contribution is -2.33. The molecule has 0 radical (unpaired) electrons. The summed E-state index contributed by atoms with van der Waals surface area (Å²) in [6, 6.07) is 0. The molecule has 0 amide bonds. The highest BCUT2D eigenvalue weighted by atomic mass is 79.9. The van der Waals surface area contributed by atoms with Crippen LogP contribution in [-0.2, 0) is 9.59 Å². The Kier molecular flexibility index (Phi) is 3.25. The van der Waals surface area contributed by atoms with Gasteiger partial charge in [0, 0.05) is 0 Å². The van der Waals surface area contributed by atoms with E-state index in [1.807, 2.05) is 0 Å². The lowest BCUT2D eigenvalue weighted by Gasteiger charge is -2.11. The van der Waals surface area contributed by atoms with Gasteiger partial charge in [0.2, 0.25) is 4.69 Å². The normalized spacial score (nSPS) is 15.5. The van der Waals surface area contributed by atoms with Gasteiger partial charge < -0.3 is 0 Å². The molecular formula is C6H6BrClO2. The van der Waals surface area contributed by atoms with E-state index in [9.17, 15) is 9.59 Å². The summed E-state index contributed by atoms with van der Waals surface area (Å²) in [5.74, 6) is -0.504. The molecule has 2 nitrogen and oxygen atoms in total. The van der Waals surface area contributed by atoms with Crippen LogP contribution in [0.3, 0.4) is 0 Å². The van der Waals surface area contributed by atoms with Crippen molar-refractivity contribution in [1.29, 1.82) is 0 Å². The summed E-state index contributed by atoms with van der Waals surface area (Å²) in [4.78, 5) is 19.9. The number of hydrogen-bond acceptors (Lipinski definition) is 2. The summed E-state index contributed by atoms with van der Waals surface area (Å²) in [7, 11) is 0. The van der Waals surface area contributed by atoms with E-state index >= 15 is 0 Å². The fraction of sp³-hybridized carbons (Fsp3) is 0.333. The van der Waals surface area contributed by atoms with Crippen LogP contribution in [0.15, 0.2) is 12.7 Å². The maximum absolute atomic E-state index is 10.8. The zero-order valence-corrected chi connectivity index (χ0v) is 7.70. The van der Waals surface area contributed by atoms with E-state index < -0.39 is 15.3 Å². The van der Waals surface area contributed by atoms with Crippen molar-refractivity contribution in [3.8, 4) is 0 Å². The Labute approximate surface area is 72.4 Å². The van der Waals surface area contributed by atoms with Crippen molar-refractivity contribution in [1.82, 2.24) is 0 Å². The van der Waals surface area contributed by atoms with E-state index in [0.717, 1.165) is 6.08 Å². The van der Waals surface area contributed by atoms with Crippen LogP contribution in [0.2, 0.25) is 0 Å².